The van der Waals surface area contributed by atoms with Crippen LogP contribution in [0.1, 0.15) is 12.5 Å². The van der Waals surface area contributed by atoms with E-state index in [0.29, 0.717) is 5.56 Å². The molecule has 0 radical (unpaired) electrons. The molecule has 4 nitrogen and oxygen atoms in total. The van der Waals surface area contributed by atoms with E-state index in [1.165, 1.54) is 13.0 Å². The van der Waals surface area contributed by atoms with Crippen LogP contribution in [0.4, 0.5) is 0 Å². The van der Waals surface area contributed by atoms with Gasteiger partial charge in [0, 0.05) is 6.42 Å². The van der Waals surface area contributed by atoms with Crippen molar-refractivity contribution in [3.63, 3.8) is 0 Å². The molecule has 1 aromatic heterocycles. The third kappa shape index (κ3) is 2.48. The Bertz CT molecular complexity index is 690. The van der Waals surface area contributed by atoms with Crippen LogP contribution in [0, 0.1) is 0 Å². The minimum atomic E-state index is -3.94. The van der Waals surface area contributed by atoms with Crippen LogP contribution in [-0.4, -0.2) is 24.2 Å². The van der Waals surface area contributed by atoms with E-state index in [1.54, 1.807) is 41.8 Å². The van der Waals surface area contributed by atoms with E-state index in [9.17, 15) is 18.3 Å². The molecule has 2 rings (SSSR count). The fourth-order valence-electron chi connectivity index (χ4n) is 1.91. The second-order valence-corrected chi connectivity index (χ2v) is 8.19. The molecule has 0 unspecified atom stereocenters. The lowest BCUT2D eigenvalue weighted by atomic mass is 10.0. The summed E-state index contributed by atoms with van der Waals surface area (Å²) in [7, 11) is -3.94. The van der Waals surface area contributed by atoms with Crippen molar-refractivity contribution in [2.45, 2.75) is 22.3 Å². The van der Waals surface area contributed by atoms with Crippen LogP contribution in [0.25, 0.3) is 0 Å². The van der Waals surface area contributed by atoms with Crippen LogP contribution < -0.4 is 0 Å². The first kappa shape index (κ1) is 14.7. The normalized spacial score (nSPS) is 14.7. The average molecular weight is 310 g/mol. The molecule has 0 bridgehead atoms. The molecule has 0 fully saturated rings. The molecule has 0 saturated carbocycles. The first-order valence-corrected chi connectivity index (χ1v) is 8.30. The maximum absolute atomic E-state index is 12.6. The predicted molar refractivity (Wildman–Crippen MR) is 77.7 cm³/mol. The minimum absolute atomic E-state index is 0.0661. The van der Waals surface area contributed by atoms with Crippen molar-refractivity contribution in [1.82, 2.24) is 0 Å². The summed E-state index contributed by atoms with van der Waals surface area (Å²) in [6.45, 7) is 1.26. The van der Waals surface area contributed by atoms with Crippen molar-refractivity contribution in [3.05, 3.63) is 53.4 Å². The summed E-state index contributed by atoms with van der Waals surface area (Å²) in [5, 5.41) is 11.1. The summed E-state index contributed by atoms with van der Waals surface area (Å²) < 4.78 is 23.4. The lowest BCUT2D eigenvalue weighted by Gasteiger charge is -2.24. The molecule has 20 heavy (non-hydrogen) atoms. The third-order valence-electron chi connectivity index (χ3n) is 3.19. The standard InChI is InChI=1S/C14H14O4S2/c1-14(13(15)16,10-11-6-3-2-4-7-11)20(17,18)12-8-5-9-19-12/h2-9H,10H2,1H3,(H,15,16)/t14-/m1/s1. The zero-order valence-electron chi connectivity index (χ0n) is 10.8. The van der Waals surface area contributed by atoms with E-state index in [0.717, 1.165) is 11.3 Å². The van der Waals surface area contributed by atoms with E-state index >= 15 is 0 Å². The quantitative estimate of drug-likeness (QED) is 0.921. The van der Waals surface area contributed by atoms with E-state index in [1.807, 2.05) is 0 Å². The Kier molecular flexibility index (Phi) is 3.96. The van der Waals surface area contributed by atoms with Crippen LogP contribution in [0.5, 0.6) is 0 Å². The Morgan fingerprint density at radius 2 is 1.85 bits per heavy atom. The van der Waals surface area contributed by atoms with Gasteiger partial charge in [0.2, 0.25) is 9.84 Å². The van der Waals surface area contributed by atoms with Crippen LogP contribution in [0.15, 0.2) is 52.1 Å². The fourth-order valence-corrected chi connectivity index (χ4v) is 4.87. The average Bonchev–Trinajstić information content (AvgIpc) is 2.93. The monoisotopic (exact) mass is 310 g/mol. The number of carboxylic acids is 1. The van der Waals surface area contributed by atoms with Gasteiger partial charge in [-0.1, -0.05) is 36.4 Å². The summed E-state index contributed by atoms with van der Waals surface area (Å²) in [4.78, 5) is 11.6. The van der Waals surface area contributed by atoms with Crippen LogP contribution in [0.2, 0.25) is 0 Å². The van der Waals surface area contributed by atoms with E-state index in [-0.39, 0.29) is 10.6 Å². The van der Waals surface area contributed by atoms with Gasteiger partial charge >= 0.3 is 5.97 Å². The topological polar surface area (TPSA) is 71.4 Å². The molecule has 1 N–H and O–H groups in total. The molecule has 106 valence electrons. The fraction of sp³-hybridized carbons (Fsp3) is 0.214. The highest BCUT2D eigenvalue weighted by Crippen LogP contribution is 2.32. The molecule has 0 saturated heterocycles. The maximum Gasteiger partial charge on any atom is 0.325 e. The van der Waals surface area contributed by atoms with Gasteiger partial charge in [0.05, 0.1) is 0 Å². The van der Waals surface area contributed by atoms with Crippen molar-refractivity contribution in [2.75, 3.05) is 0 Å². The molecule has 0 aliphatic carbocycles. The predicted octanol–water partition coefficient (Wildman–Crippen LogP) is 2.61. The molecule has 2 aromatic rings. The van der Waals surface area contributed by atoms with Gasteiger partial charge in [-0.15, -0.1) is 11.3 Å². The molecule has 6 heteroatoms. The van der Waals surface area contributed by atoms with Gasteiger partial charge in [0.15, 0.2) is 4.75 Å². The van der Waals surface area contributed by atoms with Crippen LogP contribution in [-0.2, 0) is 21.1 Å². The summed E-state index contributed by atoms with van der Waals surface area (Å²) in [6.07, 6.45) is -0.0661. The van der Waals surface area contributed by atoms with Crippen LogP contribution in [0.3, 0.4) is 0 Å². The van der Waals surface area contributed by atoms with Gasteiger partial charge in [0.25, 0.3) is 0 Å². The van der Waals surface area contributed by atoms with E-state index in [2.05, 4.69) is 0 Å². The molecule has 0 aliphatic heterocycles. The summed E-state index contributed by atoms with van der Waals surface area (Å²) in [5.41, 5.74) is 0.678. The Labute approximate surface area is 121 Å². The Hall–Kier alpha value is -1.66. The van der Waals surface area contributed by atoms with Crippen molar-refractivity contribution in [2.24, 2.45) is 0 Å². The number of carboxylic acid groups (broad SMARTS) is 1. The Morgan fingerprint density at radius 3 is 2.35 bits per heavy atom. The van der Waals surface area contributed by atoms with Gasteiger partial charge in [-0.3, -0.25) is 4.79 Å². The molecular formula is C14H14O4S2. The number of benzene rings is 1. The third-order valence-corrected chi connectivity index (χ3v) is 6.97. The van der Waals surface area contributed by atoms with Crippen molar-refractivity contribution < 1.29 is 18.3 Å². The number of sulfone groups is 1. The van der Waals surface area contributed by atoms with Gasteiger partial charge in [-0.05, 0) is 23.9 Å². The van der Waals surface area contributed by atoms with Gasteiger partial charge in [-0.2, -0.15) is 0 Å². The van der Waals surface area contributed by atoms with Crippen LogP contribution >= 0.6 is 11.3 Å². The highest BCUT2D eigenvalue weighted by atomic mass is 32.2. The lowest BCUT2D eigenvalue weighted by molar-refractivity contribution is -0.139. The highest BCUT2D eigenvalue weighted by Gasteiger charge is 2.48. The Balaban J connectivity index is 2.48. The molecule has 1 heterocycles. The number of hydrogen-bond acceptors (Lipinski definition) is 4. The second kappa shape index (κ2) is 5.38. The zero-order chi connectivity index (χ0) is 14.8. The number of carbonyl (C=O) groups is 1. The second-order valence-electron chi connectivity index (χ2n) is 4.63. The van der Waals surface area contributed by atoms with Gasteiger partial charge < -0.3 is 5.11 Å². The minimum Gasteiger partial charge on any atom is -0.480 e. The van der Waals surface area contributed by atoms with Gasteiger partial charge in [0.1, 0.15) is 4.21 Å². The first-order chi connectivity index (χ1) is 9.38. The smallest absolute Gasteiger partial charge is 0.325 e. The van der Waals surface area contributed by atoms with Gasteiger partial charge in [-0.25, -0.2) is 8.42 Å². The van der Waals surface area contributed by atoms with Crippen molar-refractivity contribution in [3.8, 4) is 0 Å². The first-order valence-electron chi connectivity index (χ1n) is 5.93. The van der Waals surface area contributed by atoms with Crippen molar-refractivity contribution >= 4 is 27.1 Å². The Morgan fingerprint density at radius 1 is 1.20 bits per heavy atom. The summed E-state index contributed by atoms with van der Waals surface area (Å²) >= 11 is 1.03. The van der Waals surface area contributed by atoms with Crippen molar-refractivity contribution in [1.29, 1.82) is 0 Å². The molecule has 0 aliphatic rings. The molecule has 1 atom stereocenters. The molecule has 0 amide bonds. The summed E-state index contributed by atoms with van der Waals surface area (Å²) in [6, 6.07) is 11.8. The molecule has 0 spiro atoms. The molecule has 1 aromatic carbocycles. The summed E-state index contributed by atoms with van der Waals surface area (Å²) in [5.74, 6) is -1.34. The number of aliphatic carboxylic acids is 1. The number of thiophene rings is 1. The largest absolute Gasteiger partial charge is 0.480 e. The number of hydrogen-bond donors (Lipinski definition) is 1. The zero-order valence-corrected chi connectivity index (χ0v) is 12.4. The van der Waals surface area contributed by atoms with E-state index < -0.39 is 20.6 Å². The lowest BCUT2D eigenvalue weighted by Crippen LogP contribution is -2.45. The molecular weight excluding hydrogens is 296 g/mol. The highest BCUT2D eigenvalue weighted by molar-refractivity contribution is 7.95. The van der Waals surface area contributed by atoms with E-state index in [4.69, 9.17) is 0 Å². The SMILES string of the molecule is C[C@@](Cc1ccccc1)(C(=O)O)S(=O)(=O)c1cccs1. The maximum atomic E-state index is 12.6. The number of rotatable bonds is 5.